The Morgan fingerprint density at radius 2 is 2.15 bits per heavy atom. The molecule has 2 aromatic rings. The lowest BCUT2D eigenvalue weighted by Crippen LogP contribution is -2.24. The highest BCUT2D eigenvalue weighted by atomic mass is 35.5. The first kappa shape index (κ1) is 14.9. The first-order chi connectivity index (χ1) is 9.70. The molecule has 0 aliphatic rings. The van der Waals surface area contributed by atoms with Gasteiger partial charge >= 0.3 is 0 Å². The molecule has 0 amide bonds. The van der Waals surface area contributed by atoms with Gasteiger partial charge in [-0.2, -0.15) is 0 Å². The molecular formula is C16H18ClFN2. The second-order valence-electron chi connectivity index (χ2n) is 4.71. The normalized spacial score (nSPS) is 12.3. The number of aromatic nitrogens is 1. The van der Waals surface area contributed by atoms with E-state index in [-0.39, 0.29) is 16.9 Å². The predicted octanol–water partition coefficient (Wildman–Crippen LogP) is 4.16. The molecule has 20 heavy (non-hydrogen) atoms. The molecule has 1 aromatic carbocycles. The van der Waals surface area contributed by atoms with Crippen LogP contribution in [-0.4, -0.2) is 11.5 Å². The smallest absolute Gasteiger partial charge is 0.141 e. The molecule has 4 heteroatoms. The topological polar surface area (TPSA) is 24.9 Å². The summed E-state index contributed by atoms with van der Waals surface area (Å²) in [6.45, 7) is 3.01. The van der Waals surface area contributed by atoms with Gasteiger partial charge in [0.15, 0.2) is 0 Å². The van der Waals surface area contributed by atoms with Gasteiger partial charge in [-0.05, 0) is 42.8 Å². The van der Waals surface area contributed by atoms with Crippen LogP contribution in [0.15, 0.2) is 42.6 Å². The molecule has 0 fully saturated rings. The van der Waals surface area contributed by atoms with E-state index in [4.69, 9.17) is 11.6 Å². The Bertz CT molecular complexity index is 545. The SMILES string of the molecule is CCCNC(Cc1ccccn1)c1ccc(F)c(Cl)c1. The summed E-state index contributed by atoms with van der Waals surface area (Å²) in [4.78, 5) is 4.35. The minimum atomic E-state index is -0.387. The van der Waals surface area contributed by atoms with Crippen LogP contribution in [0.3, 0.4) is 0 Å². The third kappa shape index (κ3) is 4.02. The van der Waals surface area contributed by atoms with Gasteiger partial charge in [0.2, 0.25) is 0 Å². The first-order valence-corrected chi connectivity index (χ1v) is 7.16. The number of hydrogen-bond donors (Lipinski definition) is 1. The van der Waals surface area contributed by atoms with Crippen LogP contribution in [0, 0.1) is 5.82 Å². The summed E-state index contributed by atoms with van der Waals surface area (Å²) in [5.41, 5.74) is 1.98. The summed E-state index contributed by atoms with van der Waals surface area (Å²) < 4.78 is 13.3. The van der Waals surface area contributed by atoms with Crippen molar-refractivity contribution in [1.29, 1.82) is 0 Å². The van der Waals surface area contributed by atoms with Gasteiger partial charge < -0.3 is 5.32 Å². The maximum atomic E-state index is 13.3. The number of nitrogens with one attached hydrogen (secondary N) is 1. The van der Waals surface area contributed by atoms with Gasteiger partial charge in [0.25, 0.3) is 0 Å². The van der Waals surface area contributed by atoms with Crippen molar-refractivity contribution in [2.24, 2.45) is 0 Å². The number of halogens is 2. The summed E-state index contributed by atoms with van der Waals surface area (Å²) in [6, 6.07) is 10.8. The molecule has 1 aromatic heterocycles. The minimum absolute atomic E-state index is 0.0861. The summed E-state index contributed by atoms with van der Waals surface area (Å²) in [7, 11) is 0. The molecule has 1 heterocycles. The van der Waals surface area contributed by atoms with E-state index in [2.05, 4.69) is 17.2 Å². The van der Waals surface area contributed by atoms with E-state index in [0.29, 0.717) is 0 Å². The fourth-order valence-corrected chi connectivity index (χ4v) is 2.27. The van der Waals surface area contributed by atoms with Crippen LogP contribution in [0.5, 0.6) is 0 Å². The molecule has 1 atom stereocenters. The van der Waals surface area contributed by atoms with Gasteiger partial charge in [-0.15, -0.1) is 0 Å². The Morgan fingerprint density at radius 1 is 1.30 bits per heavy atom. The lowest BCUT2D eigenvalue weighted by molar-refractivity contribution is 0.523. The van der Waals surface area contributed by atoms with Crippen molar-refractivity contribution in [3.63, 3.8) is 0 Å². The quantitative estimate of drug-likeness (QED) is 0.865. The Labute approximate surface area is 124 Å². The van der Waals surface area contributed by atoms with Crippen LogP contribution in [-0.2, 0) is 6.42 Å². The Hall–Kier alpha value is -1.45. The largest absolute Gasteiger partial charge is 0.310 e. The number of benzene rings is 1. The molecule has 0 spiro atoms. The maximum Gasteiger partial charge on any atom is 0.141 e. The third-order valence-corrected chi connectivity index (χ3v) is 3.42. The van der Waals surface area contributed by atoms with Gasteiger partial charge in [0.1, 0.15) is 5.82 Å². The summed E-state index contributed by atoms with van der Waals surface area (Å²) >= 11 is 5.88. The van der Waals surface area contributed by atoms with Crippen molar-refractivity contribution in [1.82, 2.24) is 10.3 Å². The fraction of sp³-hybridized carbons (Fsp3) is 0.312. The summed E-state index contributed by atoms with van der Waals surface area (Å²) in [5, 5.41) is 3.62. The minimum Gasteiger partial charge on any atom is -0.310 e. The first-order valence-electron chi connectivity index (χ1n) is 6.79. The van der Waals surface area contributed by atoms with E-state index >= 15 is 0 Å². The van der Waals surface area contributed by atoms with Gasteiger partial charge in [0, 0.05) is 24.4 Å². The molecule has 1 N–H and O–H groups in total. The van der Waals surface area contributed by atoms with Crippen molar-refractivity contribution < 1.29 is 4.39 Å². The molecule has 0 radical (unpaired) electrons. The Balaban J connectivity index is 2.20. The molecule has 2 nitrogen and oxygen atoms in total. The number of pyridine rings is 1. The Kier molecular flexibility index (Phi) is 5.50. The molecule has 0 aliphatic heterocycles. The Morgan fingerprint density at radius 3 is 2.80 bits per heavy atom. The van der Waals surface area contributed by atoms with Crippen LogP contribution in [0.25, 0.3) is 0 Å². The molecule has 0 saturated carbocycles. The summed E-state index contributed by atoms with van der Waals surface area (Å²) in [5.74, 6) is -0.387. The highest BCUT2D eigenvalue weighted by Gasteiger charge is 2.13. The van der Waals surface area contributed by atoms with E-state index in [1.165, 1.54) is 6.07 Å². The van der Waals surface area contributed by atoms with E-state index in [0.717, 1.165) is 30.6 Å². The number of hydrogen-bond acceptors (Lipinski definition) is 2. The molecule has 106 valence electrons. The van der Waals surface area contributed by atoms with Crippen LogP contribution in [0.4, 0.5) is 4.39 Å². The standard InChI is InChI=1S/C16H18ClFN2/c1-2-8-20-16(11-13-5-3-4-9-19-13)12-6-7-15(18)14(17)10-12/h3-7,9-10,16,20H,2,8,11H2,1H3. The molecule has 0 aliphatic carbocycles. The monoisotopic (exact) mass is 292 g/mol. The lowest BCUT2D eigenvalue weighted by Gasteiger charge is -2.19. The zero-order chi connectivity index (χ0) is 14.4. The molecule has 0 bridgehead atoms. The number of nitrogens with zero attached hydrogens (tertiary/aromatic N) is 1. The van der Waals surface area contributed by atoms with Crippen LogP contribution < -0.4 is 5.32 Å². The third-order valence-electron chi connectivity index (χ3n) is 3.13. The fourth-order valence-electron chi connectivity index (χ4n) is 2.08. The van der Waals surface area contributed by atoms with Gasteiger partial charge in [-0.25, -0.2) is 4.39 Å². The van der Waals surface area contributed by atoms with Crippen molar-refractivity contribution in [3.8, 4) is 0 Å². The van der Waals surface area contributed by atoms with E-state index in [1.54, 1.807) is 18.3 Å². The average Bonchev–Trinajstić information content (AvgIpc) is 2.47. The highest BCUT2D eigenvalue weighted by molar-refractivity contribution is 6.30. The van der Waals surface area contributed by atoms with E-state index in [9.17, 15) is 4.39 Å². The van der Waals surface area contributed by atoms with Crippen LogP contribution in [0.2, 0.25) is 5.02 Å². The van der Waals surface area contributed by atoms with Crippen molar-refractivity contribution >= 4 is 11.6 Å². The lowest BCUT2D eigenvalue weighted by atomic mass is 10.0. The maximum absolute atomic E-state index is 13.3. The van der Waals surface area contributed by atoms with E-state index in [1.807, 2.05) is 18.2 Å². The predicted molar refractivity (Wildman–Crippen MR) is 80.4 cm³/mol. The molecule has 0 saturated heterocycles. The number of rotatable bonds is 6. The average molecular weight is 293 g/mol. The van der Waals surface area contributed by atoms with E-state index < -0.39 is 0 Å². The molecular weight excluding hydrogens is 275 g/mol. The highest BCUT2D eigenvalue weighted by Crippen LogP contribution is 2.23. The van der Waals surface area contributed by atoms with Crippen molar-refractivity contribution in [2.75, 3.05) is 6.54 Å². The zero-order valence-electron chi connectivity index (χ0n) is 11.4. The molecule has 2 rings (SSSR count). The van der Waals surface area contributed by atoms with Crippen LogP contribution in [0.1, 0.15) is 30.6 Å². The van der Waals surface area contributed by atoms with Crippen molar-refractivity contribution in [2.45, 2.75) is 25.8 Å². The van der Waals surface area contributed by atoms with Gasteiger partial charge in [-0.1, -0.05) is 30.7 Å². The van der Waals surface area contributed by atoms with Crippen LogP contribution >= 0.6 is 11.6 Å². The second kappa shape index (κ2) is 7.36. The van der Waals surface area contributed by atoms with Crippen molar-refractivity contribution in [3.05, 3.63) is 64.7 Å². The van der Waals surface area contributed by atoms with Gasteiger partial charge in [0.05, 0.1) is 5.02 Å². The zero-order valence-corrected chi connectivity index (χ0v) is 12.2. The van der Waals surface area contributed by atoms with Gasteiger partial charge in [-0.3, -0.25) is 4.98 Å². The summed E-state index contributed by atoms with van der Waals surface area (Å²) in [6.07, 6.45) is 3.57. The molecule has 1 unspecified atom stereocenters. The second-order valence-corrected chi connectivity index (χ2v) is 5.11.